The van der Waals surface area contributed by atoms with Crippen molar-refractivity contribution in [2.24, 2.45) is 5.73 Å². The van der Waals surface area contributed by atoms with Crippen LogP contribution in [0.25, 0.3) is 11.1 Å². The molecule has 0 bridgehead atoms. The number of primary amides is 1. The Labute approximate surface area is 200 Å². The molecule has 0 spiro atoms. The highest BCUT2D eigenvalue weighted by molar-refractivity contribution is 5.99. The minimum atomic E-state index is -0.473. The molecule has 0 heterocycles. The molecular formula is C27H31N3O4. The highest BCUT2D eigenvalue weighted by atomic mass is 16.5. The molecule has 3 aromatic carbocycles. The molecule has 0 aliphatic heterocycles. The summed E-state index contributed by atoms with van der Waals surface area (Å²) < 4.78 is 11.8. The van der Waals surface area contributed by atoms with E-state index in [1.54, 1.807) is 30.3 Å². The third kappa shape index (κ3) is 6.28. The summed E-state index contributed by atoms with van der Waals surface area (Å²) in [5, 5.41) is 5.80. The lowest BCUT2D eigenvalue weighted by Crippen LogP contribution is -2.37. The van der Waals surface area contributed by atoms with E-state index >= 15 is 0 Å². The van der Waals surface area contributed by atoms with E-state index < -0.39 is 5.91 Å². The average Bonchev–Trinajstić information content (AvgIpc) is 2.84. The van der Waals surface area contributed by atoms with Crippen LogP contribution in [0.15, 0.2) is 66.7 Å². The standard InChI is InChI=1S/C27H31N3O4/c1-4-19(5-2)29-27(32)30-20-13-16-24(25(17-20)33-6-3)34-21-14-11-18(12-15-21)22-9-7-8-10-23(22)26(28)31/h7-17,19H,4-6H2,1-3H3,(H2,28,31)(H2,29,30,32). The van der Waals surface area contributed by atoms with Gasteiger partial charge in [0.25, 0.3) is 0 Å². The largest absolute Gasteiger partial charge is 0.490 e. The number of ether oxygens (including phenoxy) is 2. The summed E-state index contributed by atoms with van der Waals surface area (Å²) in [6, 6.07) is 19.7. The fraction of sp³-hybridized carbons (Fsp3) is 0.259. The molecule has 3 aromatic rings. The molecule has 0 aromatic heterocycles. The second kappa shape index (κ2) is 11.7. The number of amides is 3. The number of hydrogen-bond acceptors (Lipinski definition) is 4. The van der Waals surface area contributed by atoms with Crippen LogP contribution < -0.4 is 25.8 Å². The second-order valence-electron chi connectivity index (χ2n) is 7.74. The maximum absolute atomic E-state index is 12.3. The van der Waals surface area contributed by atoms with Crippen molar-refractivity contribution in [3.63, 3.8) is 0 Å². The number of hydrogen-bond donors (Lipinski definition) is 3. The third-order valence-corrected chi connectivity index (χ3v) is 5.41. The Hall–Kier alpha value is -4.00. The topological polar surface area (TPSA) is 103 Å². The zero-order valence-electron chi connectivity index (χ0n) is 19.8. The Morgan fingerprint density at radius 1 is 0.912 bits per heavy atom. The van der Waals surface area contributed by atoms with Crippen molar-refractivity contribution in [1.29, 1.82) is 0 Å². The quantitative estimate of drug-likeness (QED) is 0.347. The number of rotatable bonds is 10. The van der Waals surface area contributed by atoms with E-state index in [0.29, 0.717) is 35.1 Å². The lowest BCUT2D eigenvalue weighted by Gasteiger charge is -2.17. The van der Waals surface area contributed by atoms with Gasteiger partial charge in [0, 0.05) is 23.4 Å². The van der Waals surface area contributed by atoms with E-state index in [1.165, 1.54) is 0 Å². The van der Waals surface area contributed by atoms with E-state index in [9.17, 15) is 9.59 Å². The molecule has 34 heavy (non-hydrogen) atoms. The van der Waals surface area contributed by atoms with Crippen molar-refractivity contribution < 1.29 is 19.1 Å². The third-order valence-electron chi connectivity index (χ3n) is 5.41. The van der Waals surface area contributed by atoms with Crippen LogP contribution in [0.3, 0.4) is 0 Å². The fourth-order valence-corrected chi connectivity index (χ4v) is 3.56. The number of benzene rings is 3. The first-order chi connectivity index (χ1) is 16.4. The van der Waals surface area contributed by atoms with Crippen LogP contribution in [0, 0.1) is 0 Å². The van der Waals surface area contributed by atoms with Crippen molar-refractivity contribution in [1.82, 2.24) is 5.32 Å². The van der Waals surface area contributed by atoms with Crippen LogP contribution in [0.1, 0.15) is 44.0 Å². The Morgan fingerprint density at radius 3 is 2.26 bits per heavy atom. The molecule has 0 saturated carbocycles. The monoisotopic (exact) mass is 461 g/mol. The first-order valence-corrected chi connectivity index (χ1v) is 11.5. The molecule has 3 amide bonds. The van der Waals surface area contributed by atoms with E-state index in [4.69, 9.17) is 15.2 Å². The van der Waals surface area contributed by atoms with E-state index in [0.717, 1.165) is 24.0 Å². The van der Waals surface area contributed by atoms with Gasteiger partial charge in [-0.25, -0.2) is 4.79 Å². The van der Waals surface area contributed by atoms with Gasteiger partial charge < -0.3 is 25.8 Å². The molecule has 0 atom stereocenters. The van der Waals surface area contributed by atoms with Gasteiger partial charge in [0.2, 0.25) is 5.91 Å². The molecule has 7 nitrogen and oxygen atoms in total. The van der Waals surface area contributed by atoms with Gasteiger partial charge in [-0.05, 0) is 61.2 Å². The van der Waals surface area contributed by atoms with E-state index in [1.807, 2.05) is 57.2 Å². The predicted octanol–water partition coefficient (Wildman–Crippen LogP) is 5.95. The number of nitrogens with two attached hydrogens (primary N) is 1. The van der Waals surface area contributed by atoms with E-state index in [-0.39, 0.29) is 12.1 Å². The van der Waals surface area contributed by atoms with Gasteiger partial charge in [0.05, 0.1) is 6.61 Å². The lowest BCUT2D eigenvalue weighted by molar-refractivity contribution is 0.100. The summed E-state index contributed by atoms with van der Waals surface area (Å²) in [5.41, 5.74) is 8.19. The maximum Gasteiger partial charge on any atom is 0.319 e. The molecule has 4 N–H and O–H groups in total. The molecule has 7 heteroatoms. The summed E-state index contributed by atoms with van der Waals surface area (Å²) >= 11 is 0. The van der Waals surface area contributed by atoms with Gasteiger partial charge in [-0.2, -0.15) is 0 Å². The van der Waals surface area contributed by atoms with Crippen LogP contribution in [-0.2, 0) is 0 Å². The van der Waals surface area contributed by atoms with Gasteiger partial charge in [0.1, 0.15) is 5.75 Å². The first kappa shape index (κ1) is 24.6. The number of urea groups is 1. The molecule has 178 valence electrons. The van der Waals surface area contributed by atoms with Crippen LogP contribution in [0.5, 0.6) is 17.2 Å². The zero-order valence-corrected chi connectivity index (χ0v) is 19.8. The number of carbonyl (C=O) groups excluding carboxylic acids is 2. The first-order valence-electron chi connectivity index (χ1n) is 11.5. The van der Waals surface area contributed by atoms with Gasteiger partial charge >= 0.3 is 6.03 Å². The zero-order chi connectivity index (χ0) is 24.5. The molecule has 0 radical (unpaired) electrons. The highest BCUT2D eigenvalue weighted by Crippen LogP contribution is 2.35. The minimum absolute atomic E-state index is 0.131. The number of carbonyl (C=O) groups is 2. The molecule has 0 fully saturated rings. The van der Waals surface area contributed by atoms with Gasteiger partial charge in [-0.15, -0.1) is 0 Å². The molecule has 0 aliphatic carbocycles. The number of nitrogens with one attached hydrogen (secondary N) is 2. The summed E-state index contributed by atoms with van der Waals surface area (Å²) in [6.07, 6.45) is 1.74. The predicted molar refractivity (Wildman–Crippen MR) is 135 cm³/mol. The van der Waals surface area contributed by atoms with Crippen LogP contribution >= 0.6 is 0 Å². The SMILES string of the molecule is CCOc1cc(NC(=O)NC(CC)CC)ccc1Oc1ccc(-c2ccccc2C(N)=O)cc1. The van der Waals surface area contributed by atoms with Gasteiger partial charge in [-0.1, -0.05) is 44.2 Å². The van der Waals surface area contributed by atoms with Gasteiger partial charge in [-0.3, -0.25) is 4.79 Å². The van der Waals surface area contributed by atoms with Crippen molar-refractivity contribution >= 4 is 17.6 Å². The summed E-state index contributed by atoms with van der Waals surface area (Å²) in [5.74, 6) is 1.18. The average molecular weight is 462 g/mol. The second-order valence-corrected chi connectivity index (χ2v) is 7.74. The van der Waals surface area contributed by atoms with Crippen LogP contribution in [-0.4, -0.2) is 24.6 Å². The molecular weight excluding hydrogens is 430 g/mol. The highest BCUT2D eigenvalue weighted by Gasteiger charge is 2.13. The molecule has 3 rings (SSSR count). The Kier molecular flexibility index (Phi) is 8.51. The Morgan fingerprint density at radius 2 is 1.62 bits per heavy atom. The van der Waals surface area contributed by atoms with Crippen molar-refractivity contribution in [2.45, 2.75) is 39.7 Å². The Balaban J connectivity index is 1.76. The maximum atomic E-state index is 12.3. The fourth-order valence-electron chi connectivity index (χ4n) is 3.56. The lowest BCUT2D eigenvalue weighted by atomic mass is 9.99. The summed E-state index contributed by atoms with van der Waals surface area (Å²) in [6.45, 7) is 6.41. The normalized spacial score (nSPS) is 10.6. The molecule has 0 aliphatic rings. The van der Waals surface area contributed by atoms with Crippen molar-refractivity contribution in [2.75, 3.05) is 11.9 Å². The number of anilines is 1. The summed E-state index contributed by atoms with van der Waals surface area (Å²) in [7, 11) is 0. The smallest absolute Gasteiger partial charge is 0.319 e. The van der Waals surface area contributed by atoms with Crippen LogP contribution in [0.2, 0.25) is 0 Å². The van der Waals surface area contributed by atoms with E-state index in [2.05, 4.69) is 10.6 Å². The Bertz CT molecular complexity index is 1120. The molecule has 0 unspecified atom stereocenters. The van der Waals surface area contributed by atoms with Gasteiger partial charge in [0.15, 0.2) is 11.5 Å². The molecule has 0 saturated heterocycles. The summed E-state index contributed by atoms with van der Waals surface area (Å²) in [4.78, 5) is 24.0. The van der Waals surface area contributed by atoms with Crippen molar-refractivity contribution in [3.8, 4) is 28.4 Å². The van der Waals surface area contributed by atoms with Crippen molar-refractivity contribution in [3.05, 3.63) is 72.3 Å². The minimum Gasteiger partial charge on any atom is -0.490 e. The van der Waals surface area contributed by atoms with Crippen LogP contribution in [0.4, 0.5) is 10.5 Å².